The van der Waals surface area contributed by atoms with Crippen molar-refractivity contribution in [2.45, 2.75) is 17.8 Å². The summed E-state index contributed by atoms with van der Waals surface area (Å²) in [5, 5.41) is 33.8. The number of carbonyl (C=O) groups is 4. The van der Waals surface area contributed by atoms with Crippen LogP contribution in [0.5, 0.6) is 0 Å². The van der Waals surface area contributed by atoms with Crippen LogP contribution in [0, 0.1) is 5.21 Å². The van der Waals surface area contributed by atoms with Crippen molar-refractivity contribution in [2.24, 2.45) is 0 Å². The van der Waals surface area contributed by atoms with E-state index < -0.39 is 51.9 Å². The van der Waals surface area contributed by atoms with Crippen molar-refractivity contribution in [3.05, 3.63) is 34.1 Å². The number of carbonyl (C=O) groups excluding carboxylic acids is 2. The lowest BCUT2D eigenvalue weighted by Gasteiger charge is -2.56. The molecule has 1 aromatic heterocycles. The van der Waals surface area contributed by atoms with Crippen LogP contribution >= 0.6 is 23.1 Å². The zero-order valence-electron chi connectivity index (χ0n) is 14.0. The fourth-order valence-corrected chi connectivity index (χ4v) is 4.71. The number of quaternary nitrogens is 1. The minimum atomic E-state index is -1.65. The molecule has 1 unspecified atom stereocenters. The Morgan fingerprint density at radius 2 is 2.14 bits per heavy atom. The predicted molar refractivity (Wildman–Crippen MR) is 99.3 cm³/mol. The number of fused-ring (bicyclic) bond motifs is 1. The molecule has 1 aromatic rings. The van der Waals surface area contributed by atoms with Crippen molar-refractivity contribution in [1.29, 1.82) is 0 Å². The number of thioether (sulfide) groups is 1. The third kappa shape index (κ3) is 3.28. The second-order valence-electron chi connectivity index (χ2n) is 5.85. The van der Waals surface area contributed by atoms with Crippen LogP contribution in [0.15, 0.2) is 23.2 Å². The number of nitrogens with one attached hydrogen (secondary N) is 1. The smallest absolute Gasteiger partial charge is 0.390 e. The Labute approximate surface area is 165 Å². The average molecular weight is 426 g/mol. The number of thiazole rings is 1. The number of aliphatic carboxylic acids is 2. The number of rotatable bonds is 6. The predicted octanol–water partition coefficient (Wildman–Crippen LogP) is -0.0356. The molecule has 0 radical (unpaired) electrons. The van der Waals surface area contributed by atoms with Crippen molar-refractivity contribution in [1.82, 2.24) is 10.3 Å². The average Bonchev–Trinajstić information content (AvgIpc) is 3.05. The standard InChI is InChI=1S/C15H14N4O7S2/c16-15-17-7(5-28-15)6(1-2-9(20)21)11(22)18-10-12(23)19(26)8(14(24)25)3-4-27-13(10)19/h1,3,5,10,13H,2,4H2,(H2,16,17)(H,18,22)(H,20,21)(H,24,25)/b6-1-/t10-,13-,19?/m1/s1. The maximum absolute atomic E-state index is 12.7. The molecule has 0 saturated carbocycles. The number of nitrogen functional groups attached to an aromatic ring is 1. The van der Waals surface area contributed by atoms with Gasteiger partial charge in [-0.2, -0.15) is 0 Å². The Balaban J connectivity index is 1.83. The normalized spacial score (nSPS) is 26.7. The summed E-state index contributed by atoms with van der Waals surface area (Å²) in [5.41, 5.74) is 5.01. The van der Waals surface area contributed by atoms with Crippen LogP contribution < -0.4 is 11.1 Å². The maximum Gasteiger partial charge on any atom is 0.390 e. The number of nitrogens with zero attached hydrogens (tertiary/aromatic N) is 2. The highest BCUT2D eigenvalue weighted by molar-refractivity contribution is 8.00. The molecule has 3 atom stereocenters. The monoisotopic (exact) mass is 426 g/mol. The Bertz CT molecular complexity index is 941. The minimum Gasteiger partial charge on any atom is -0.619 e. The molecule has 2 amide bonds. The molecule has 0 bridgehead atoms. The van der Waals surface area contributed by atoms with Gasteiger partial charge in [-0.3, -0.25) is 9.59 Å². The number of hydrogen-bond donors (Lipinski definition) is 4. The van der Waals surface area contributed by atoms with Gasteiger partial charge < -0.3 is 26.5 Å². The number of carboxylic acids is 2. The van der Waals surface area contributed by atoms with E-state index in [1.807, 2.05) is 0 Å². The zero-order chi connectivity index (χ0) is 20.6. The number of aromatic nitrogens is 1. The van der Waals surface area contributed by atoms with E-state index in [9.17, 15) is 24.4 Å². The highest BCUT2D eigenvalue weighted by Crippen LogP contribution is 2.44. The molecule has 0 aromatic carbocycles. The van der Waals surface area contributed by atoms with E-state index in [0.717, 1.165) is 29.2 Å². The lowest BCUT2D eigenvalue weighted by Crippen LogP contribution is -2.78. The molecular weight excluding hydrogens is 412 g/mol. The first-order chi connectivity index (χ1) is 13.2. The van der Waals surface area contributed by atoms with Gasteiger partial charge in [0, 0.05) is 11.1 Å². The maximum atomic E-state index is 12.7. The van der Waals surface area contributed by atoms with E-state index in [-0.39, 0.29) is 22.2 Å². The quantitative estimate of drug-likeness (QED) is 0.208. The molecule has 3 rings (SSSR count). The van der Waals surface area contributed by atoms with Gasteiger partial charge in [-0.25, -0.2) is 19.2 Å². The van der Waals surface area contributed by atoms with Gasteiger partial charge in [-0.15, -0.1) is 11.3 Å². The Morgan fingerprint density at radius 1 is 1.43 bits per heavy atom. The molecule has 5 N–H and O–H groups in total. The van der Waals surface area contributed by atoms with E-state index in [4.69, 9.17) is 15.9 Å². The molecule has 148 valence electrons. The van der Waals surface area contributed by atoms with Gasteiger partial charge >= 0.3 is 17.8 Å². The van der Waals surface area contributed by atoms with E-state index in [1.54, 1.807) is 0 Å². The van der Waals surface area contributed by atoms with Crippen LogP contribution in [0.3, 0.4) is 0 Å². The van der Waals surface area contributed by atoms with Gasteiger partial charge in [0.2, 0.25) is 11.7 Å². The molecule has 1 saturated heterocycles. The van der Waals surface area contributed by atoms with Gasteiger partial charge in [-0.1, -0.05) is 17.8 Å². The fraction of sp³-hybridized carbons (Fsp3) is 0.267. The zero-order valence-corrected chi connectivity index (χ0v) is 15.7. The van der Waals surface area contributed by atoms with E-state index in [0.29, 0.717) is 0 Å². The first kappa shape index (κ1) is 20.0. The Morgan fingerprint density at radius 3 is 2.71 bits per heavy atom. The molecule has 0 spiro atoms. The summed E-state index contributed by atoms with van der Waals surface area (Å²) in [6.07, 6.45) is 1.85. The van der Waals surface area contributed by atoms with Gasteiger partial charge in [0.15, 0.2) is 10.5 Å². The summed E-state index contributed by atoms with van der Waals surface area (Å²) in [5.74, 6) is -4.27. The highest BCUT2D eigenvalue weighted by atomic mass is 32.2. The van der Waals surface area contributed by atoms with Gasteiger partial charge in [0.05, 0.1) is 17.7 Å². The molecule has 0 aliphatic carbocycles. The van der Waals surface area contributed by atoms with Gasteiger partial charge in [-0.05, 0) is 6.08 Å². The fourth-order valence-electron chi connectivity index (χ4n) is 2.90. The third-order valence-corrected chi connectivity index (χ3v) is 6.11. The lowest BCUT2D eigenvalue weighted by molar-refractivity contribution is -0.804. The van der Waals surface area contributed by atoms with Crippen molar-refractivity contribution in [3.8, 4) is 0 Å². The molecule has 3 heterocycles. The number of nitrogens with two attached hydrogens (primary N) is 1. The van der Waals surface area contributed by atoms with Crippen molar-refractivity contribution in [2.75, 3.05) is 11.5 Å². The van der Waals surface area contributed by atoms with Gasteiger partial charge in [0.1, 0.15) is 0 Å². The summed E-state index contributed by atoms with van der Waals surface area (Å²) < 4.78 is -1.65. The Kier molecular flexibility index (Phi) is 5.25. The molecule has 28 heavy (non-hydrogen) atoms. The van der Waals surface area contributed by atoms with Crippen molar-refractivity contribution >= 4 is 57.6 Å². The summed E-state index contributed by atoms with van der Waals surface area (Å²) in [6.45, 7) is 0. The van der Waals surface area contributed by atoms with Crippen LogP contribution in [-0.4, -0.2) is 60.8 Å². The molecule has 11 nitrogen and oxygen atoms in total. The van der Waals surface area contributed by atoms with Gasteiger partial charge in [0.25, 0.3) is 5.91 Å². The molecule has 1 fully saturated rings. The topological polar surface area (TPSA) is 183 Å². The third-order valence-electron chi connectivity index (χ3n) is 4.17. The van der Waals surface area contributed by atoms with Crippen LogP contribution in [0.1, 0.15) is 12.1 Å². The van der Waals surface area contributed by atoms with Crippen LogP contribution in [-0.2, 0) is 19.2 Å². The number of hydroxylamine groups is 3. The second-order valence-corrected chi connectivity index (χ2v) is 7.89. The molecular formula is C15H14N4O7S2. The minimum absolute atomic E-state index is 0.103. The first-order valence-electron chi connectivity index (χ1n) is 7.80. The van der Waals surface area contributed by atoms with E-state index in [1.165, 1.54) is 11.5 Å². The molecule has 2 aliphatic rings. The summed E-state index contributed by atoms with van der Waals surface area (Å²) in [4.78, 5) is 51.1. The first-order valence-corrected chi connectivity index (χ1v) is 9.73. The van der Waals surface area contributed by atoms with E-state index >= 15 is 0 Å². The second kappa shape index (κ2) is 7.35. The molecule has 2 aliphatic heterocycles. The van der Waals surface area contributed by atoms with Crippen LogP contribution in [0.2, 0.25) is 0 Å². The molecule has 13 heteroatoms. The van der Waals surface area contributed by atoms with Crippen LogP contribution in [0.25, 0.3) is 5.57 Å². The largest absolute Gasteiger partial charge is 0.619 e. The highest BCUT2D eigenvalue weighted by Gasteiger charge is 2.64. The number of β-lactam (4-membered cyclic amide) rings is 1. The number of hydrogen-bond acceptors (Lipinski definition) is 9. The van der Waals surface area contributed by atoms with E-state index in [2.05, 4.69) is 10.3 Å². The summed E-state index contributed by atoms with van der Waals surface area (Å²) in [6, 6.07) is -1.21. The number of anilines is 1. The lowest BCUT2D eigenvalue weighted by atomic mass is 10.0. The number of carboxylic acid groups (broad SMARTS) is 2. The van der Waals surface area contributed by atoms with Crippen molar-refractivity contribution in [3.63, 3.8) is 0 Å². The summed E-state index contributed by atoms with van der Waals surface area (Å²) in [7, 11) is 0. The summed E-state index contributed by atoms with van der Waals surface area (Å²) >= 11 is 2.10. The number of amides is 2. The Hall–Kier alpha value is -2.74. The van der Waals surface area contributed by atoms with Crippen LogP contribution in [0.4, 0.5) is 5.13 Å². The van der Waals surface area contributed by atoms with Crippen molar-refractivity contribution < 1.29 is 34.0 Å². The SMILES string of the molecule is Nc1nc(/C(=C/CC(=O)O)C(=O)N[C@@H]2C(=O)[N+]3([O-])C(C(=O)O)=CCS[C@H]23)cs1.